The molecule has 33 heavy (non-hydrogen) atoms. The van der Waals surface area contributed by atoms with Crippen LogP contribution in [0.15, 0.2) is 54.6 Å². The largest absolute Gasteiger partial charge is 0.490 e. The van der Waals surface area contributed by atoms with Crippen molar-refractivity contribution >= 4 is 20.0 Å². The maximum Gasteiger partial charge on any atom is 0.221 e. The molecule has 0 spiro atoms. The minimum absolute atomic E-state index is 0.0250. The molecule has 0 radical (unpaired) electrons. The molecular formula is C24H32N2O5S2. The average molecular weight is 493 g/mol. The van der Waals surface area contributed by atoms with Gasteiger partial charge in [0.05, 0.1) is 6.26 Å². The third-order valence-electron chi connectivity index (χ3n) is 6.63. The van der Waals surface area contributed by atoms with E-state index in [1.807, 2.05) is 61.5 Å². The quantitative estimate of drug-likeness (QED) is 0.616. The first-order chi connectivity index (χ1) is 15.6. The molecule has 1 unspecified atom stereocenters. The van der Waals surface area contributed by atoms with Crippen LogP contribution in [0.25, 0.3) is 0 Å². The fourth-order valence-electron chi connectivity index (χ4n) is 4.68. The van der Waals surface area contributed by atoms with Crippen molar-refractivity contribution in [2.24, 2.45) is 0 Å². The van der Waals surface area contributed by atoms with Crippen molar-refractivity contribution in [2.75, 3.05) is 19.3 Å². The van der Waals surface area contributed by atoms with Gasteiger partial charge < -0.3 is 4.74 Å². The minimum Gasteiger partial charge on any atom is -0.490 e. The van der Waals surface area contributed by atoms with Gasteiger partial charge in [-0.05, 0) is 55.9 Å². The van der Waals surface area contributed by atoms with Gasteiger partial charge in [0.1, 0.15) is 17.1 Å². The molecular weight excluding hydrogens is 460 g/mol. The monoisotopic (exact) mass is 492 g/mol. The van der Waals surface area contributed by atoms with Crippen molar-refractivity contribution in [1.82, 2.24) is 8.61 Å². The highest BCUT2D eigenvalue weighted by atomic mass is 32.2. The molecule has 0 saturated carbocycles. The Balaban J connectivity index is 1.40. The molecule has 180 valence electrons. The van der Waals surface area contributed by atoms with Crippen LogP contribution in [0.1, 0.15) is 49.0 Å². The first-order valence-electron chi connectivity index (χ1n) is 11.4. The van der Waals surface area contributed by atoms with Gasteiger partial charge in [0.2, 0.25) is 20.0 Å². The van der Waals surface area contributed by atoms with E-state index >= 15 is 0 Å². The second-order valence-electron chi connectivity index (χ2n) is 9.04. The average Bonchev–Trinajstić information content (AvgIpc) is 2.78. The lowest BCUT2D eigenvalue weighted by Crippen LogP contribution is -2.44. The van der Waals surface area contributed by atoms with Crippen molar-refractivity contribution in [3.63, 3.8) is 0 Å². The second kappa shape index (κ2) is 9.74. The molecule has 0 bridgehead atoms. The Morgan fingerprint density at radius 2 is 1.58 bits per heavy atom. The number of sulfonamides is 2. The van der Waals surface area contributed by atoms with Gasteiger partial charge in [0.15, 0.2) is 0 Å². The summed E-state index contributed by atoms with van der Waals surface area (Å²) in [5, 5.41) is -0.504. The highest BCUT2D eigenvalue weighted by molar-refractivity contribution is 7.89. The number of piperidine rings is 1. The normalized spacial score (nSPS) is 25.0. The summed E-state index contributed by atoms with van der Waals surface area (Å²) in [4.78, 5) is 0. The number of ether oxygens (including phenoxy) is 1. The van der Waals surface area contributed by atoms with E-state index in [-0.39, 0.29) is 12.1 Å². The summed E-state index contributed by atoms with van der Waals surface area (Å²) in [7, 11) is -6.62. The summed E-state index contributed by atoms with van der Waals surface area (Å²) in [6.07, 6.45) is 3.97. The number of hydrogen-bond acceptors (Lipinski definition) is 5. The molecule has 7 nitrogen and oxygen atoms in total. The Hall–Kier alpha value is -1.94. The second-order valence-corrected chi connectivity index (χ2v) is 13.1. The maximum atomic E-state index is 13.4. The van der Waals surface area contributed by atoms with Crippen LogP contribution in [0.5, 0.6) is 5.75 Å². The Kier molecular flexibility index (Phi) is 7.14. The van der Waals surface area contributed by atoms with Gasteiger partial charge in [0.25, 0.3) is 0 Å². The zero-order chi connectivity index (χ0) is 23.6. The Bertz CT molecular complexity index is 1140. The first-order valence-corrected chi connectivity index (χ1v) is 14.8. The van der Waals surface area contributed by atoms with Crippen LogP contribution in [-0.4, -0.2) is 56.9 Å². The molecule has 2 aromatic carbocycles. The molecule has 2 aliphatic rings. The molecule has 0 amide bonds. The molecule has 2 aliphatic heterocycles. The fraction of sp³-hybridized carbons (Fsp3) is 0.500. The van der Waals surface area contributed by atoms with Gasteiger partial charge in [-0.15, -0.1) is 0 Å². The van der Waals surface area contributed by atoms with Crippen molar-refractivity contribution in [1.29, 1.82) is 0 Å². The van der Waals surface area contributed by atoms with Crippen molar-refractivity contribution in [3.05, 3.63) is 65.7 Å². The van der Waals surface area contributed by atoms with E-state index in [1.54, 1.807) is 4.31 Å². The van der Waals surface area contributed by atoms with E-state index < -0.39 is 25.3 Å². The van der Waals surface area contributed by atoms with Gasteiger partial charge in [-0.25, -0.2) is 21.1 Å². The first kappa shape index (κ1) is 24.2. The number of rotatable bonds is 6. The molecule has 0 aliphatic carbocycles. The smallest absolute Gasteiger partial charge is 0.221 e. The lowest BCUT2D eigenvalue weighted by Gasteiger charge is -2.37. The molecule has 0 aromatic heterocycles. The van der Waals surface area contributed by atoms with Crippen molar-refractivity contribution in [3.8, 4) is 5.75 Å². The van der Waals surface area contributed by atoms with E-state index in [0.29, 0.717) is 44.6 Å². The van der Waals surface area contributed by atoms with Crippen LogP contribution in [0, 0.1) is 0 Å². The Labute approximate surface area is 197 Å². The minimum atomic E-state index is -3.47. The van der Waals surface area contributed by atoms with Gasteiger partial charge in [0, 0.05) is 25.7 Å². The lowest BCUT2D eigenvalue weighted by atomic mass is 10.0. The summed E-state index contributed by atoms with van der Waals surface area (Å²) in [5.74, 6) is 0.716. The molecule has 4 rings (SSSR count). The predicted molar refractivity (Wildman–Crippen MR) is 129 cm³/mol. The van der Waals surface area contributed by atoms with Crippen LogP contribution < -0.4 is 4.74 Å². The van der Waals surface area contributed by atoms with E-state index in [1.165, 1.54) is 10.6 Å². The highest BCUT2D eigenvalue weighted by Crippen LogP contribution is 2.38. The summed E-state index contributed by atoms with van der Waals surface area (Å²) in [6.45, 7) is 3.24. The number of hydrogen-bond donors (Lipinski definition) is 0. The van der Waals surface area contributed by atoms with Gasteiger partial charge in [-0.1, -0.05) is 42.5 Å². The third kappa shape index (κ3) is 5.59. The highest BCUT2D eigenvalue weighted by Gasteiger charge is 2.40. The van der Waals surface area contributed by atoms with E-state index in [4.69, 9.17) is 4.74 Å². The standard InChI is InChI=1S/C24H32N2O5S2/c1-19-8-13-24(21-6-4-3-5-7-21)33(29,30)26(19)18-20-9-11-22(12-10-20)31-23-14-16-25(17-15-23)32(2,27)28/h3-7,9-12,19,23-24H,8,13-18H2,1-2H3/t19-,24?/m0/s1. The fourth-order valence-corrected chi connectivity index (χ4v) is 7.75. The summed E-state index contributed by atoms with van der Waals surface area (Å²) >= 11 is 0. The van der Waals surface area contributed by atoms with Crippen LogP contribution in [0.4, 0.5) is 0 Å². The molecule has 9 heteroatoms. The van der Waals surface area contributed by atoms with Gasteiger partial charge in [-0.3, -0.25) is 0 Å². The van der Waals surface area contributed by atoms with Crippen LogP contribution in [0.3, 0.4) is 0 Å². The molecule has 2 fully saturated rings. The van der Waals surface area contributed by atoms with Crippen LogP contribution in [0.2, 0.25) is 0 Å². The summed E-state index contributed by atoms with van der Waals surface area (Å²) < 4.78 is 59.3. The molecule has 0 N–H and O–H groups in total. The summed E-state index contributed by atoms with van der Waals surface area (Å²) in [5.41, 5.74) is 1.76. The van der Waals surface area contributed by atoms with Crippen LogP contribution >= 0.6 is 0 Å². The van der Waals surface area contributed by atoms with Crippen molar-refractivity contribution < 1.29 is 21.6 Å². The Morgan fingerprint density at radius 3 is 2.18 bits per heavy atom. The molecule has 2 atom stereocenters. The zero-order valence-corrected chi connectivity index (χ0v) is 20.8. The number of nitrogens with zero attached hydrogens (tertiary/aromatic N) is 2. The van der Waals surface area contributed by atoms with Crippen LogP contribution in [-0.2, 0) is 26.6 Å². The van der Waals surface area contributed by atoms with Gasteiger partial charge >= 0.3 is 0 Å². The Morgan fingerprint density at radius 1 is 0.939 bits per heavy atom. The van der Waals surface area contributed by atoms with E-state index in [9.17, 15) is 16.8 Å². The molecule has 2 saturated heterocycles. The maximum absolute atomic E-state index is 13.4. The zero-order valence-electron chi connectivity index (χ0n) is 19.1. The molecule has 2 heterocycles. The SMILES string of the molecule is C[C@H]1CCC(c2ccccc2)S(=O)(=O)N1Cc1ccc(OC2CCN(S(C)(=O)=O)CC2)cc1. The number of benzene rings is 2. The third-order valence-corrected chi connectivity index (χ3v) is 10.3. The topological polar surface area (TPSA) is 84.0 Å². The lowest BCUT2D eigenvalue weighted by molar-refractivity contribution is 0.135. The molecule has 2 aromatic rings. The van der Waals surface area contributed by atoms with E-state index in [2.05, 4.69) is 0 Å². The van der Waals surface area contributed by atoms with Gasteiger partial charge in [-0.2, -0.15) is 4.31 Å². The van der Waals surface area contributed by atoms with E-state index in [0.717, 1.165) is 17.5 Å². The predicted octanol–water partition coefficient (Wildman–Crippen LogP) is 3.54. The summed E-state index contributed by atoms with van der Waals surface area (Å²) in [6, 6.07) is 17.0. The van der Waals surface area contributed by atoms with Crippen molar-refractivity contribution in [2.45, 2.75) is 56.5 Å².